The molecular formula is C12H19F3N2O. The predicted molar refractivity (Wildman–Crippen MR) is 61.0 cm³/mol. The van der Waals surface area contributed by atoms with E-state index in [1.165, 1.54) is 0 Å². The van der Waals surface area contributed by atoms with Crippen molar-refractivity contribution in [3.8, 4) is 0 Å². The van der Waals surface area contributed by atoms with Crippen LogP contribution >= 0.6 is 0 Å². The van der Waals surface area contributed by atoms with E-state index in [1.807, 2.05) is 0 Å². The van der Waals surface area contributed by atoms with E-state index < -0.39 is 12.2 Å². The maximum Gasteiger partial charge on any atom is 0.403 e. The lowest BCUT2D eigenvalue weighted by Crippen LogP contribution is -2.45. The number of amides is 1. The van der Waals surface area contributed by atoms with Crippen LogP contribution in [0.3, 0.4) is 0 Å². The number of carbonyl (C=O) groups excluding carboxylic acids is 1. The summed E-state index contributed by atoms with van der Waals surface area (Å²) < 4.78 is 38.0. The molecule has 3 nitrogen and oxygen atoms in total. The standard InChI is InChI=1S/C12H19F3N2O/c13-12(14,15)10(17-9-3-4-9)5-6-16-11(18)7-8-1-2-8/h8-10,17H,1-7H2,(H,16,18). The quantitative estimate of drug-likeness (QED) is 0.738. The van der Waals surface area contributed by atoms with Crippen molar-refractivity contribution in [2.24, 2.45) is 5.92 Å². The van der Waals surface area contributed by atoms with Gasteiger partial charge >= 0.3 is 6.18 Å². The molecule has 0 aromatic carbocycles. The highest BCUT2D eigenvalue weighted by Crippen LogP contribution is 2.32. The normalized spacial score (nSPS) is 21.7. The number of hydrogen-bond donors (Lipinski definition) is 2. The molecular weight excluding hydrogens is 245 g/mol. The van der Waals surface area contributed by atoms with Gasteiger partial charge in [0.1, 0.15) is 6.04 Å². The largest absolute Gasteiger partial charge is 0.403 e. The van der Waals surface area contributed by atoms with Crippen molar-refractivity contribution in [3.63, 3.8) is 0 Å². The highest BCUT2D eigenvalue weighted by molar-refractivity contribution is 5.76. The number of rotatable bonds is 7. The molecule has 6 heteroatoms. The second kappa shape index (κ2) is 5.47. The van der Waals surface area contributed by atoms with E-state index in [4.69, 9.17) is 0 Å². The first-order valence-corrected chi connectivity index (χ1v) is 6.54. The molecule has 0 bridgehead atoms. The second-order valence-electron chi connectivity index (χ2n) is 5.32. The number of halogens is 3. The van der Waals surface area contributed by atoms with Crippen molar-refractivity contribution in [1.29, 1.82) is 0 Å². The van der Waals surface area contributed by atoms with Gasteiger partial charge in [0.2, 0.25) is 5.91 Å². The average Bonchev–Trinajstić information content (AvgIpc) is 3.08. The summed E-state index contributed by atoms with van der Waals surface area (Å²) in [7, 11) is 0. The molecule has 0 aromatic heterocycles. The molecule has 104 valence electrons. The summed E-state index contributed by atoms with van der Waals surface area (Å²) in [5.41, 5.74) is 0. The molecule has 0 saturated heterocycles. The molecule has 18 heavy (non-hydrogen) atoms. The SMILES string of the molecule is O=C(CC1CC1)NCCC(NC1CC1)C(F)(F)F. The maximum atomic E-state index is 12.7. The third kappa shape index (κ3) is 4.84. The van der Waals surface area contributed by atoms with Gasteiger partial charge in [-0.1, -0.05) is 0 Å². The van der Waals surface area contributed by atoms with Crippen molar-refractivity contribution in [2.45, 2.75) is 56.8 Å². The van der Waals surface area contributed by atoms with Crippen molar-refractivity contribution in [2.75, 3.05) is 6.54 Å². The van der Waals surface area contributed by atoms with Crippen LogP contribution in [-0.4, -0.2) is 30.7 Å². The Kier molecular flexibility index (Phi) is 4.14. The van der Waals surface area contributed by atoms with Crippen molar-refractivity contribution in [3.05, 3.63) is 0 Å². The van der Waals surface area contributed by atoms with Crippen LogP contribution in [-0.2, 0) is 4.79 Å². The van der Waals surface area contributed by atoms with E-state index in [0.29, 0.717) is 12.3 Å². The van der Waals surface area contributed by atoms with E-state index in [0.717, 1.165) is 25.7 Å². The highest BCUT2D eigenvalue weighted by Gasteiger charge is 2.41. The summed E-state index contributed by atoms with van der Waals surface area (Å²) in [6.45, 7) is 0.0927. The first-order chi connectivity index (χ1) is 8.45. The highest BCUT2D eigenvalue weighted by atomic mass is 19.4. The van der Waals surface area contributed by atoms with Crippen LogP contribution in [0.5, 0.6) is 0 Å². The van der Waals surface area contributed by atoms with Crippen molar-refractivity contribution in [1.82, 2.24) is 10.6 Å². The van der Waals surface area contributed by atoms with Gasteiger partial charge in [-0.05, 0) is 38.0 Å². The van der Waals surface area contributed by atoms with E-state index >= 15 is 0 Å². The summed E-state index contributed by atoms with van der Waals surface area (Å²) >= 11 is 0. The van der Waals surface area contributed by atoms with E-state index in [1.54, 1.807) is 0 Å². The average molecular weight is 264 g/mol. The van der Waals surface area contributed by atoms with Crippen LogP contribution in [0.25, 0.3) is 0 Å². The molecule has 2 N–H and O–H groups in total. The van der Waals surface area contributed by atoms with Crippen LogP contribution in [0.4, 0.5) is 13.2 Å². The molecule has 2 saturated carbocycles. The number of hydrogen-bond acceptors (Lipinski definition) is 2. The monoisotopic (exact) mass is 264 g/mol. The van der Waals surface area contributed by atoms with Gasteiger partial charge in [0.25, 0.3) is 0 Å². The maximum absolute atomic E-state index is 12.7. The van der Waals surface area contributed by atoms with Crippen LogP contribution in [0, 0.1) is 5.92 Å². The number of carbonyl (C=O) groups is 1. The zero-order valence-corrected chi connectivity index (χ0v) is 10.2. The Labute approximate surface area is 104 Å². The molecule has 0 aromatic rings. The Morgan fingerprint density at radius 1 is 1.22 bits per heavy atom. The minimum absolute atomic E-state index is 0.0128. The van der Waals surface area contributed by atoms with Crippen molar-refractivity contribution >= 4 is 5.91 Å². The smallest absolute Gasteiger partial charge is 0.356 e. The molecule has 0 aliphatic heterocycles. The molecule has 0 radical (unpaired) electrons. The zero-order chi connectivity index (χ0) is 13.2. The Morgan fingerprint density at radius 2 is 1.89 bits per heavy atom. The molecule has 2 rings (SSSR count). The van der Waals surface area contributed by atoms with Gasteiger partial charge in [-0.15, -0.1) is 0 Å². The lowest BCUT2D eigenvalue weighted by atomic mass is 10.2. The molecule has 2 fully saturated rings. The minimum Gasteiger partial charge on any atom is -0.356 e. The van der Waals surface area contributed by atoms with Crippen LogP contribution < -0.4 is 10.6 Å². The summed E-state index contributed by atoms with van der Waals surface area (Å²) in [6.07, 6.45) is -0.0716. The predicted octanol–water partition coefficient (Wildman–Crippen LogP) is 1.98. The van der Waals surface area contributed by atoms with E-state index in [2.05, 4.69) is 10.6 Å². The zero-order valence-electron chi connectivity index (χ0n) is 10.2. The molecule has 0 heterocycles. The third-order valence-corrected chi connectivity index (χ3v) is 3.34. The lowest BCUT2D eigenvalue weighted by molar-refractivity contribution is -0.157. The van der Waals surface area contributed by atoms with Gasteiger partial charge in [0.05, 0.1) is 0 Å². The fourth-order valence-electron chi connectivity index (χ4n) is 1.89. The van der Waals surface area contributed by atoms with Gasteiger partial charge < -0.3 is 10.6 Å². The van der Waals surface area contributed by atoms with Crippen LogP contribution in [0.2, 0.25) is 0 Å². The number of alkyl halides is 3. The Morgan fingerprint density at radius 3 is 2.39 bits per heavy atom. The van der Waals surface area contributed by atoms with Gasteiger partial charge in [-0.2, -0.15) is 13.2 Å². The molecule has 0 spiro atoms. The van der Waals surface area contributed by atoms with Crippen LogP contribution in [0.15, 0.2) is 0 Å². The summed E-state index contributed by atoms with van der Waals surface area (Å²) in [6, 6.07) is -1.48. The van der Waals surface area contributed by atoms with Gasteiger partial charge in [0.15, 0.2) is 0 Å². The lowest BCUT2D eigenvalue weighted by Gasteiger charge is -2.21. The topological polar surface area (TPSA) is 41.1 Å². The van der Waals surface area contributed by atoms with E-state index in [9.17, 15) is 18.0 Å². The first-order valence-electron chi connectivity index (χ1n) is 6.54. The molecule has 1 amide bonds. The van der Waals surface area contributed by atoms with Crippen molar-refractivity contribution < 1.29 is 18.0 Å². The molecule has 2 aliphatic rings. The second-order valence-corrected chi connectivity index (χ2v) is 5.32. The molecule has 1 atom stereocenters. The molecule has 1 unspecified atom stereocenters. The summed E-state index contributed by atoms with van der Waals surface area (Å²) in [4.78, 5) is 11.3. The van der Waals surface area contributed by atoms with E-state index in [-0.39, 0.29) is 24.9 Å². The summed E-state index contributed by atoms with van der Waals surface area (Å²) in [5, 5.41) is 5.15. The Bertz CT molecular complexity index is 298. The summed E-state index contributed by atoms with van der Waals surface area (Å²) in [5.74, 6) is 0.345. The Hall–Kier alpha value is -0.780. The fourth-order valence-corrected chi connectivity index (χ4v) is 1.89. The van der Waals surface area contributed by atoms with Crippen LogP contribution in [0.1, 0.15) is 38.5 Å². The Balaban J connectivity index is 1.65. The fraction of sp³-hybridized carbons (Fsp3) is 0.917. The van der Waals surface area contributed by atoms with Gasteiger partial charge in [0, 0.05) is 19.0 Å². The first kappa shape index (κ1) is 13.6. The van der Waals surface area contributed by atoms with Gasteiger partial charge in [-0.25, -0.2) is 0 Å². The molecule has 2 aliphatic carbocycles. The third-order valence-electron chi connectivity index (χ3n) is 3.34. The number of nitrogens with one attached hydrogen (secondary N) is 2. The van der Waals surface area contributed by atoms with Gasteiger partial charge in [-0.3, -0.25) is 4.79 Å². The minimum atomic E-state index is -4.23.